The van der Waals surface area contributed by atoms with Crippen molar-refractivity contribution < 1.29 is 34.2 Å². The zero-order valence-electron chi connectivity index (χ0n) is 44.1. The number of amides is 2. The monoisotopic (exact) mass is 949 g/mol. The first-order valence-corrected chi connectivity index (χ1v) is 27.7. The normalized spacial score (nSPS) is 43.5. The minimum absolute atomic E-state index is 0.00725. The fourth-order valence-electron chi connectivity index (χ4n) is 18.1. The van der Waals surface area contributed by atoms with Gasteiger partial charge in [0.25, 0.3) is 0 Å². The number of carbonyl (C=O) groups is 5. The largest absolute Gasteiger partial charge is 0.385 e. The number of Topliss-reactive ketones (excluding diaryl/α,β-unsaturated/α-hetero) is 1. The quantitative estimate of drug-likeness (QED) is 0.116. The summed E-state index contributed by atoms with van der Waals surface area (Å²) in [5.41, 5.74) is -1.07. The second kappa shape index (κ2) is 18.6. The van der Waals surface area contributed by atoms with Crippen LogP contribution in [-0.2, 0) is 24.0 Å². The Morgan fingerprint density at radius 2 is 1.14 bits per heavy atom. The van der Waals surface area contributed by atoms with Crippen LogP contribution >= 0.6 is 0 Å². The number of hydrogen-bond acceptors (Lipinski definition) is 7. The number of aliphatic hydroxyl groups is 2. The lowest BCUT2D eigenvalue weighted by molar-refractivity contribution is -0.171. The predicted octanol–water partition coefficient (Wildman–Crippen LogP) is 11.1. The van der Waals surface area contributed by atoms with Crippen LogP contribution in [0.15, 0.2) is 59.8 Å². The lowest BCUT2D eigenvalue weighted by Gasteiger charge is -2.64. The van der Waals surface area contributed by atoms with Gasteiger partial charge in [-0.1, -0.05) is 131 Å². The summed E-state index contributed by atoms with van der Waals surface area (Å²) in [6, 6.07) is 0. The van der Waals surface area contributed by atoms with E-state index in [1.54, 1.807) is 12.2 Å². The van der Waals surface area contributed by atoms with Crippen LogP contribution in [0.25, 0.3) is 0 Å². The average Bonchev–Trinajstić information content (AvgIpc) is 3.79. The Morgan fingerprint density at radius 1 is 0.667 bits per heavy atom. The molecule has 0 radical (unpaired) electrons. The van der Waals surface area contributed by atoms with Crippen molar-refractivity contribution >= 4 is 29.2 Å². The Balaban J connectivity index is 0.00000317. The molecule has 7 fully saturated rings. The van der Waals surface area contributed by atoms with Crippen LogP contribution in [0.3, 0.4) is 0 Å². The molecular weight excluding hydrogens is 861 g/mol. The maximum Gasteiger partial charge on any atom is 0.223 e. The Hall–Kier alpha value is -3.43. The number of unbranched alkanes of at least 4 members (excludes halogenated alkanes) is 7. The van der Waals surface area contributed by atoms with Gasteiger partial charge in [0.15, 0.2) is 23.0 Å². The van der Waals surface area contributed by atoms with E-state index in [1.807, 2.05) is 37.8 Å². The number of fused-ring (bicyclic) bond motifs is 9. The van der Waals surface area contributed by atoms with Gasteiger partial charge in [-0.25, -0.2) is 0 Å². The number of hydrogen-bond donors (Lipinski definition) is 3. The van der Waals surface area contributed by atoms with Gasteiger partial charge in [-0.05, 0) is 153 Å². The first kappa shape index (κ1) is 51.9. The zero-order valence-corrected chi connectivity index (χ0v) is 44.1. The minimum Gasteiger partial charge on any atom is -0.385 e. The fraction of sp³-hybridized carbons (Fsp3) is 0.750. The molecule has 69 heavy (non-hydrogen) atoms. The molecule has 1 aliphatic heterocycles. The van der Waals surface area contributed by atoms with E-state index in [0.717, 1.165) is 115 Å². The van der Waals surface area contributed by atoms with Crippen molar-refractivity contribution in [1.29, 1.82) is 0 Å². The third-order valence-electron chi connectivity index (χ3n) is 22.4. The van der Waals surface area contributed by atoms with E-state index in [1.165, 1.54) is 11.1 Å². The van der Waals surface area contributed by atoms with Gasteiger partial charge in [0, 0.05) is 35.6 Å². The molecule has 380 valence electrons. The van der Waals surface area contributed by atoms with Crippen LogP contribution in [0.2, 0.25) is 0 Å². The second-order valence-corrected chi connectivity index (χ2v) is 24.8. The topological polar surface area (TPSA) is 141 Å². The second-order valence-electron chi connectivity index (χ2n) is 24.8. The van der Waals surface area contributed by atoms with Gasteiger partial charge < -0.3 is 20.4 Å². The zero-order chi connectivity index (χ0) is 50.2. The van der Waals surface area contributed by atoms with Gasteiger partial charge in [-0.15, -0.1) is 0 Å². The number of nitrogens with zero attached hydrogens (tertiary/aromatic N) is 1. The number of carbonyl (C=O) groups excluding carboxylic acids is 5. The smallest absolute Gasteiger partial charge is 0.223 e. The molecule has 0 aromatic rings. The maximum atomic E-state index is 14.2. The van der Waals surface area contributed by atoms with E-state index in [-0.39, 0.29) is 93.0 Å². The van der Waals surface area contributed by atoms with Crippen LogP contribution in [0.1, 0.15) is 191 Å². The lowest BCUT2D eigenvalue weighted by Crippen LogP contribution is -2.68. The van der Waals surface area contributed by atoms with Crippen LogP contribution < -0.4 is 5.32 Å². The van der Waals surface area contributed by atoms with E-state index >= 15 is 0 Å². The SMILES string of the molecule is C=C(CNC(=O)CCCCCCCCCCC(=O)N1CC(=O)C2(O)C(C)CC3C4CCC5=CC(=O)C=CC5(C)C4(C)CCC312)C1(O)C(C)CC2C3CCC4=CC(=O)C=CC4(C)C3(C)CCC21C.CC. The van der Waals surface area contributed by atoms with Crippen molar-refractivity contribution in [1.82, 2.24) is 10.2 Å². The van der Waals surface area contributed by atoms with Crippen LogP contribution in [0.5, 0.6) is 0 Å². The first-order valence-electron chi connectivity index (χ1n) is 27.7. The maximum absolute atomic E-state index is 14.2. The van der Waals surface area contributed by atoms with Gasteiger partial charge in [-0.2, -0.15) is 0 Å². The molecule has 14 atom stereocenters. The average molecular weight is 949 g/mol. The van der Waals surface area contributed by atoms with Crippen LogP contribution in [0, 0.1) is 62.6 Å². The summed E-state index contributed by atoms with van der Waals surface area (Å²) in [6.07, 6.45) is 28.7. The van der Waals surface area contributed by atoms with Gasteiger partial charge in [0.2, 0.25) is 11.8 Å². The molecule has 8 aliphatic carbocycles. The highest BCUT2D eigenvalue weighted by atomic mass is 16.3. The van der Waals surface area contributed by atoms with Crippen LogP contribution in [0.4, 0.5) is 0 Å². The van der Waals surface area contributed by atoms with Gasteiger partial charge in [0.1, 0.15) is 0 Å². The van der Waals surface area contributed by atoms with Gasteiger partial charge in [-0.3, -0.25) is 24.0 Å². The Morgan fingerprint density at radius 3 is 1.71 bits per heavy atom. The molecule has 1 spiro atoms. The van der Waals surface area contributed by atoms with E-state index in [0.29, 0.717) is 31.1 Å². The summed E-state index contributed by atoms with van der Waals surface area (Å²) in [5.74, 6) is 0.851. The predicted molar refractivity (Wildman–Crippen MR) is 272 cm³/mol. The molecule has 0 aromatic heterocycles. The molecule has 14 unspecified atom stereocenters. The van der Waals surface area contributed by atoms with E-state index in [2.05, 4.69) is 65.6 Å². The van der Waals surface area contributed by atoms with Crippen molar-refractivity contribution in [2.24, 2.45) is 62.6 Å². The van der Waals surface area contributed by atoms with Crippen molar-refractivity contribution in [3.63, 3.8) is 0 Å². The molecule has 0 bridgehead atoms. The third-order valence-corrected chi connectivity index (χ3v) is 22.4. The molecule has 9 rings (SSSR count). The fourth-order valence-corrected chi connectivity index (χ4v) is 18.1. The summed E-state index contributed by atoms with van der Waals surface area (Å²) in [6.45, 7) is 24.6. The number of allylic oxidation sites excluding steroid dienone is 8. The van der Waals surface area contributed by atoms with Crippen molar-refractivity contribution in [2.75, 3.05) is 13.1 Å². The highest BCUT2D eigenvalue weighted by Gasteiger charge is 2.78. The summed E-state index contributed by atoms with van der Waals surface area (Å²) in [5, 5.41) is 28.2. The van der Waals surface area contributed by atoms with Crippen LogP contribution in [-0.4, -0.2) is 74.1 Å². The van der Waals surface area contributed by atoms with Crippen molar-refractivity contribution in [3.8, 4) is 0 Å². The van der Waals surface area contributed by atoms with Gasteiger partial charge >= 0.3 is 0 Å². The standard InChI is InChI=1S/C58H82N2O7.C2H6/c1-37-31-46-44-21-19-40-33-42(61)23-25-51(40,4)53(44,6)27-28-55(46,8)57(37,66)39(3)35-59-49(64)17-15-13-11-9-10-12-14-16-18-50(65)60-36-48(63)58(67)38(2)32-47-45-22-20-41-34-43(62)24-26-52(41,5)54(45,7)29-30-56(47,58)60;1-2/h23-26,33-34,37-38,44-47,66-67H,3,9-22,27-32,35-36H2,1-2,4-8H3,(H,59,64);1-2H3. The van der Waals surface area contributed by atoms with E-state index in [9.17, 15) is 34.2 Å². The Bertz CT molecular complexity index is 2240. The summed E-state index contributed by atoms with van der Waals surface area (Å²) < 4.78 is 0. The molecule has 0 aromatic carbocycles. The highest BCUT2D eigenvalue weighted by Crippen LogP contribution is 2.74. The Kier molecular flexibility index (Phi) is 14.0. The highest BCUT2D eigenvalue weighted by molar-refractivity contribution is 6.02. The van der Waals surface area contributed by atoms with Crippen molar-refractivity contribution in [3.05, 3.63) is 59.8 Å². The molecule has 6 saturated carbocycles. The molecule has 1 heterocycles. The molecule has 3 N–H and O–H groups in total. The number of rotatable bonds is 14. The lowest BCUT2D eigenvalue weighted by atomic mass is 9.40. The molecule has 9 aliphatic rings. The number of ketones is 3. The minimum atomic E-state index is -1.51. The first-order chi connectivity index (χ1) is 32.6. The summed E-state index contributed by atoms with van der Waals surface area (Å²) >= 11 is 0. The number of nitrogens with one attached hydrogen (secondary N) is 1. The van der Waals surface area contributed by atoms with Crippen molar-refractivity contribution in [2.45, 2.75) is 207 Å². The van der Waals surface area contributed by atoms with Gasteiger partial charge in [0.05, 0.1) is 17.7 Å². The molecule has 2 amide bonds. The Labute approximate surface area is 414 Å². The molecule has 9 heteroatoms. The van der Waals surface area contributed by atoms with E-state index in [4.69, 9.17) is 0 Å². The molecule has 9 nitrogen and oxygen atoms in total. The third kappa shape index (κ3) is 7.42. The van der Waals surface area contributed by atoms with E-state index < -0.39 is 16.7 Å². The summed E-state index contributed by atoms with van der Waals surface area (Å²) in [7, 11) is 0. The molecular formula is C60H88N2O7. The summed E-state index contributed by atoms with van der Waals surface area (Å²) in [4.78, 5) is 67.6. The number of likely N-dealkylation sites (tertiary alicyclic amines) is 1. The molecule has 1 saturated heterocycles.